The zero-order valence-electron chi connectivity index (χ0n) is 3.01. The van der Waals surface area contributed by atoms with Crippen LogP contribution in [0, 0.1) is 11.3 Å². The first kappa shape index (κ1) is 9.13. The Balaban J connectivity index is 0. The van der Waals surface area contributed by atoms with Crippen molar-refractivity contribution in [2.75, 3.05) is 0 Å². The van der Waals surface area contributed by atoms with Crippen molar-refractivity contribution in [3.8, 4) is 6.07 Å². The molecule has 6 heavy (non-hydrogen) atoms. The van der Waals surface area contributed by atoms with Crippen molar-refractivity contribution in [1.82, 2.24) is 0 Å². The van der Waals surface area contributed by atoms with Gasteiger partial charge in [0.05, 0.1) is 0 Å². The fourth-order valence-electron chi connectivity index (χ4n) is 0. The van der Waals surface area contributed by atoms with Crippen LogP contribution in [0.5, 0.6) is 0 Å². The van der Waals surface area contributed by atoms with Crippen LogP contribution in [0.4, 0.5) is 0 Å². The molecule has 0 aliphatic heterocycles. The van der Waals surface area contributed by atoms with E-state index < -0.39 is 5.97 Å². The van der Waals surface area contributed by atoms with E-state index in [-0.39, 0.29) is 19.5 Å². The molecule has 0 aromatic carbocycles. The number of carboxylic acid groups (broad SMARTS) is 1. The van der Waals surface area contributed by atoms with E-state index in [1.54, 1.807) is 0 Å². The van der Waals surface area contributed by atoms with Crippen molar-refractivity contribution in [2.45, 2.75) is 0 Å². The van der Waals surface area contributed by atoms with Gasteiger partial charge in [0.2, 0.25) is 0 Å². The van der Waals surface area contributed by atoms with Crippen LogP contribution in [0.1, 0.15) is 0 Å². The summed E-state index contributed by atoms with van der Waals surface area (Å²) in [4.78, 5) is 9.01. The topological polar surface area (TPSA) is 61.1 Å². The molecule has 0 aliphatic carbocycles. The fraction of sp³-hybridized carbons (Fsp3) is 0. The molecule has 0 aliphatic rings. The van der Waals surface area contributed by atoms with Gasteiger partial charge < -0.3 is 5.11 Å². The normalized spacial score (nSPS) is 4.50. The summed E-state index contributed by atoms with van der Waals surface area (Å²) in [5.74, 6) is -1.44. The molecule has 3 nitrogen and oxygen atoms in total. The van der Waals surface area contributed by atoms with Crippen LogP contribution >= 0.6 is 0 Å². The van der Waals surface area contributed by atoms with Crippen molar-refractivity contribution in [3.05, 3.63) is 0 Å². The maximum absolute atomic E-state index is 9.01. The molecule has 0 heterocycles. The second kappa shape index (κ2) is 4.58. The minimum absolute atomic E-state index is 0. The van der Waals surface area contributed by atoms with E-state index in [4.69, 9.17) is 15.2 Å². The average Bonchev–Trinajstić information content (AvgIpc) is 1.38. The van der Waals surface area contributed by atoms with E-state index in [1.807, 2.05) is 0 Å². The predicted molar refractivity (Wildman–Crippen MR) is 13.2 cm³/mol. The van der Waals surface area contributed by atoms with Gasteiger partial charge in [0.15, 0.2) is 6.07 Å². The first-order valence-corrected chi connectivity index (χ1v) is 0.901. The summed E-state index contributed by atoms with van der Waals surface area (Å²) in [6.45, 7) is 0. The van der Waals surface area contributed by atoms with Gasteiger partial charge in [-0.05, 0) is 0 Å². The summed E-state index contributed by atoms with van der Waals surface area (Å²) in [7, 11) is 0. The molecular formula is C2HNO2Zn. The van der Waals surface area contributed by atoms with E-state index in [0.717, 1.165) is 6.07 Å². The van der Waals surface area contributed by atoms with E-state index in [9.17, 15) is 0 Å². The Morgan fingerprint density at radius 2 is 2.00 bits per heavy atom. The van der Waals surface area contributed by atoms with Gasteiger partial charge in [0.1, 0.15) is 0 Å². The first-order valence-electron chi connectivity index (χ1n) is 0.901. The van der Waals surface area contributed by atoms with Gasteiger partial charge >= 0.3 is 5.97 Å². The Morgan fingerprint density at radius 3 is 2.00 bits per heavy atom. The third-order valence-corrected chi connectivity index (χ3v) is 0.0956. The number of hydrogen-bond acceptors (Lipinski definition) is 2. The van der Waals surface area contributed by atoms with E-state index in [2.05, 4.69) is 0 Å². The number of carbonyl (C=O) groups is 1. The largest absolute Gasteiger partial charge is 0.470 e. The second-order valence-electron chi connectivity index (χ2n) is 0.417. The number of carboxylic acids is 1. The van der Waals surface area contributed by atoms with Crippen molar-refractivity contribution in [3.63, 3.8) is 0 Å². The van der Waals surface area contributed by atoms with Gasteiger partial charge in [0, 0.05) is 19.5 Å². The van der Waals surface area contributed by atoms with E-state index in [1.165, 1.54) is 0 Å². The Kier molecular flexibility index (Phi) is 6.98. The van der Waals surface area contributed by atoms with Crippen molar-refractivity contribution >= 4 is 5.97 Å². The molecule has 0 unspecified atom stereocenters. The Bertz CT molecular complexity index is 84.0. The van der Waals surface area contributed by atoms with Crippen LogP contribution in [0.15, 0.2) is 0 Å². The maximum atomic E-state index is 9.01. The molecular weight excluding hydrogens is 135 g/mol. The smallest absolute Gasteiger partial charge is 0.408 e. The van der Waals surface area contributed by atoms with E-state index >= 15 is 0 Å². The monoisotopic (exact) mass is 135 g/mol. The van der Waals surface area contributed by atoms with Crippen LogP contribution in [-0.2, 0) is 24.3 Å². The molecule has 0 amide bonds. The molecule has 0 fully saturated rings. The Hall–Kier alpha value is -0.417. The van der Waals surface area contributed by atoms with Gasteiger partial charge in [-0.15, -0.1) is 0 Å². The zero-order chi connectivity index (χ0) is 4.28. The van der Waals surface area contributed by atoms with Crippen LogP contribution in [0.25, 0.3) is 0 Å². The number of hydrogen-bond donors (Lipinski definition) is 1. The van der Waals surface area contributed by atoms with Gasteiger partial charge in [-0.3, -0.25) is 0 Å². The quantitative estimate of drug-likeness (QED) is 0.280. The number of nitriles is 1. The van der Waals surface area contributed by atoms with Crippen LogP contribution in [-0.4, -0.2) is 11.1 Å². The van der Waals surface area contributed by atoms with Crippen LogP contribution < -0.4 is 0 Å². The van der Waals surface area contributed by atoms with Gasteiger partial charge in [-0.2, -0.15) is 5.26 Å². The standard InChI is InChI=1S/C2HNO2.Zn/c3-1-2(4)5;/h(H,4,5);. The summed E-state index contributed by atoms with van der Waals surface area (Å²) >= 11 is 0. The molecule has 0 saturated carbocycles. The number of nitrogens with zero attached hydrogens (tertiary/aromatic N) is 1. The van der Waals surface area contributed by atoms with Gasteiger partial charge in [-0.1, -0.05) is 0 Å². The summed E-state index contributed by atoms with van der Waals surface area (Å²) in [5.41, 5.74) is 0. The molecule has 0 radical (unpaired) electrons. The molecule has 0 atom stereocenters. The molecule has 28 valence electrons. The van der Waals surface area contributed by atoms with Crippen LogP contribution in [0.2, 0.25) is 0 Å². The summed E-state index contributed by atoms with van der Waals surface area (Å²) < 4.78 is 0. The number of aliphatic carboxylic acids is 1. The van der Waals surface area contributed by atoms with Crippen LogP contribution in [0.3, 0.4) is 0 Å². The summed E-state index contributed by atoms with van der Waals surface area (Å²) in [6, 6.07) is 0.944. The first-order chi connectivity index (χ1) is 2.27. The molecule has 1 N–H and O–H groups in total. The molecule has 0 rings (SSSR count). The molecule has 4 heteroatoms. The zero-order valence-corrected chi connectivity index (χ0v) is 5.98. The van der Waals surface area contributed by atoms with Gasteiger partial charge in [-0.25, -0.2) is 4.79 Å². The minimum atomic E-state index is -1.44. The fourth-order valence-corrected chi connectivity index (χ4v) is 0. The third-order valence-electron chi connectivity index (χ3n) is 0.0956. The summed E-state index contributed by atoms with van der Waals surface area (Å²) in [5, 5.41) is 14.7. The average molecular weight is 136 g/mol. The van der Waals surface area contributed by atoms with Crippen molar-refractivity contribution < 1.29 is 29.4 Å². The molecule has 0 aromatic rings. The van der Waals surface area contributed by atoms with Gasteiger partial charge in [0.25, 0.3) is 0 Å². The maximum Gasteiger partial charge on any atom is 0.408 e. The third kappa shape index (κ3) is 9.54. The Morgan fingerprint density at radius 1 is 1.83 bits per heavy atom. The van der Waals surface area contributed by atoms with Crippen molar-refractivity contribution in [2.24, 2.45) is 0 Å². The summed E-state index contributed by atoms with van der Waals surface area (Å²) in [6.07, 6.45) is 0. The molecule has 0 bridgehead atoms. The van der Waals surface area contributed by atoms with Crippen molar-refractivity contribution in [1.29, 1.82) is 5.26 Å². The Labute approximate surface area is 47.3 Å². The SMILES string of the molecule is N#CC(=O)O.[Zn]. The molecule has 0 aromatic heterocycles. The molecule has 0 saturated heterocycles. The molecule has 0 spiro atoms. The van der Waals surface area contributed by atoms with E-state index in [0.29, 0.717) is 0 Å². The second-order valence-corrected chi connectivity index (χ2v) is 0.417. The minimum Gasteiger partial charge on any atom is -0.470 e. The predicted octanol–water partition coefficient (Wildman–Crippen LogP) is -0.408. The number of rotatable bonds is 0.